The van der Waals surface area contributed by atoms with E-state index in [2.05, 4.69) is 43.1 Å². The minimum absolute atomic E-state index is 0.633. The van der Waals surface area contributed by atoms with E-state index < -0.39 is 0 Å². The van der Waals surface area contributed by atoms with E-state index in [9.17, 15) is 0 Å². The molecule has 0 bridgehead atoms. The number of likely N-dealkylation sites (tertiary alicyclic amines) is 1. The Labute approximate surface area is 107 Å². The summed E-state index contributed by atoms with van der Waals surface area (Å²) in [7, 11) is 4.34. The number of nitrogens with one attached hydrogen (secondary N) is 1. The van der Waals surface area contributed by atoms with Gasteiger partial charge in [-0.2, -0.15) is 0 Å². The molecule has 0 aromatic carbocycles. The largest absolute Gasteiger partial charge is 0.308 e. The summed E-state index contributed by atoms with van der Waals surface area (Å²) in [6.45, 7) is 8.40. The molecule has 1 aliphatic carbocycles. The van der Waals surface area contributed by atoms with Gasteiger partial charge in [0.1, 0.15) is 0 Å². The van der Waals surface area contributed by atoms with Crippen molar-refractivity contribution in [3.8, 4) is 0 Å². The number of likely N-dealkylation sites (N-methyl/N-ethyl adjacent to an activating group) is 1. The highest BCUT2D eigenvalue weighted by Gasteiger charge is 2.35. The zero-order valence-electron chi connectivity index (χ0n) is 11.9. The van der Waals surface area contributed by atoms with Crippen LogP contribution in [0, 0.1) is 5.92 Å². The standard InChI is InChI=1S/C14H29N3/c1-11(2)14(10-16(3)4)15-12-7-8-17(9-12)13-5-6-13/h11-15H,5-10H2,1-4H3. The van der Waals surface area contributed by atoms with Gasteiger partial charge in [0.25, 0.3) is 0 Å². The van der Waals surface area contributed by atoms with E-state index in [1.54, 1.807) is 0 Å². The minimum Gasteiger partial charge on any atom is -0.308 e. The maximum Gasteiger partial charge on any atom is 0.0220 e. The lowest BCUT2D eigenvalue weighted by Gasteiger charge is -2.29. The summed E-state index contributed by atoms with van der Waals surface area (Å²) in [4.78, 5) is 4.98. The van der Waals surface area contributed by atoms with Gasteiger partial charge in [0, 0.05) is 37.8 Å². The van der Waals surface area contributed by atoms with Crippen molar-refractivity contribution in [1.29, 1.82) is 0 Å². The molecule has 3 heteroatoms. The maximum absolute atomic E-state index is 3.88. The second-order valence-electron chi connectivity index (χ2n) is 6.49. The van der Waals surface area contributed by atoms with E-state index in [1.165, 1.54) is 32.4 Å². The SMILES string of the molecule is CC(C)C(CN(C)C)NC1CCN(C2CC2)C1. The van der Waals surface area contributed by atoms with E-state index in [0.29, 0.717) is 12.0 Å². The zero-order chi connectivity index (χ0) is 12.4. The van der Waals surface area contributed by atoms with Crippen molar-refractivity contribution in [2.24, 2.45) is 5.92 Å². The van der Waals surface area contributed by atoms with Crippen LogP contribution in [0.3, 0.4) is 0 Å². The van der Waals surface area contributed by atoms with Crippen molar-refractivity contribution < 1.29 is 0 Å². The highest BCUT2D eigenvalue weighted by molar-refractivity contribution is 4.93. The van der Waals surface area contributed by atoms with Gasteiger partial charge >= 0.3 is 0 Å². The molecule has 0 amide bonds. The maximum atomic E-state index is 3.88. The number of nitrogens with zero attached hydrogens (tertiary/aromatic N) is 2. The average molecular weight is 239 g/mol. The van der Waals surface area contributed by atoms with Crippen LogP contribution in [0.2, 0.25) is 0 Å². The van der Waals surface area contributed by atoms with Gasteiger partial charge in [-0.15, -0.1) is 0 Å². The quantitative estimate of drug-likeness (QED) is 0.756. The summed E-state index contributed by atoms with van der Waals surface area (Å²) in [6, 6.07) is 2.30. The lowest BCUT2D eigenvalue weighted by molar-refractivity contribution is 0.259. The summed E-state index contributed by atoms with van der Waals surface area (Å²) in [5, 5.41) is 3.88. The first-order valence-corrected chi connectivity index (χ1v) is 7.21. The zero-order valence-corrected chi connectivity index (χ0v) is 11.9. The predicted octanol–water partition coefficient (Wildman–Crippen LogP) is 1.40. The fourth-order valence-electron chi connectivity index (χ4n) is 2.85. The van der Waals surface area contributed by atoms with Crippen LogP contribution in [0.4, 0.5) is 0 Å². The van der Waals surface area contributed by atoms with Crippen molar-refractivity contribution in [1.82, 2.24) is 15.1 Å². The molecule has 1 N–H and O–H groups in total. The summed E-state index contributed by atoms with van der Waals surface area (Å²) in [6.07, 6.45) is 4.23. The Morgan fingerprint density at radius 2 is 1.94 bits per heavy atom. The molecule has 0 aromatic rings. The molecule has 3 nitrogen and oxygen atoms in total. The van der Waals surface area contributed by atoms with Crippen LogP contribution < -0.4 is 5.32 Å². The average Bonchev–Trinajstić information content (AvgIpc) is 2.98. The third-order valence-electron chi connectivity index (χ3n) is 4.10. The van der Waals surface area contributed by atoms with E-state index in [4.69, 9.17) is 0 Å². The molecular weight excluding hydrogens is 210 g/mol. The molecular formula is C14H29N3. The van der Waals surface area contributed by atoms with Gasteiger partial charge in [0.2, 0.25) is 0 Å². The fraction of sp³-hybridized carbons (Fsp3) is 1.00. The number of rotatable bonds is 6. The smallest absolute Gasteiger partial charge is 0.0220 e. The summed E-state index contributed by atoms with van der Waals surface area (Å²) >= 11 is 0. The summed E-state index contributed by atoms with van der Waals surface area (Å²) in [5.41, 5.74) is 0. The van der Waals surface area contributed by atoms with Crippen LogP contribution in [0.1, 0.15) is 33.1 Å². The lowest BCUT2D eigenvalue weighted by Crippen LogP contribution is -2.47. The summed E-state index contributed by atoms with van der Waals surface area (Å²) < 4.78 is 0. The third kappa shape index (κ3) is 3.94. The molecule has 1 heterocycles. The van der Waals surface area contributed by atoms with E-state index >= 15 is 0 Å². The molecule has 1 saturated heterocycles. The van der Waals surface area contributed by atoms with Crippen LogP contribution in [-0.2, 0) is 0 Å². The Hall–Kier alpha value is -0.120. The second-order valence-corrected chi connectivity index (χ2v) is 6.49. The van der Waals surface area contributed by atoms with Crippen molar-refractivity contribution in [2.45, 2.75) is 51.2 Å². The molecule has 0 radical (unpaired) electrons. The molecule has 2 atom stereocenters. The lowest BCUT2D eigenvalue weighted by atomic mass is 10.0. The van der Waals surface area contributed by atoms with Crippen molar-refractivity contribution in [2.75, 3.05) is 33.7 Å². The molecule has 2 fully saturated rings. The predicted molar refractivity (Wildman–Crippen MR) is 73.3 cm³/mol. The van der Waals surface area contributed by atoms with Gasteiger partial charge < -0.3 is 10.2 Å². The van der Waals surface area contributed by atoms with Crippen LogP contribution in [0.25, 0.3) is 0 Å². The van der Waals surface area contributed by atoms with Crippen molar-refractivity contribution in [3.63, 3.8) is 0 Å². The molecule has 0 spiro atoms. The topological polar surface area (TPSA) is 18.5 Å². The second kappa shape index (κ2) is 5.68. The Kier molecular flexibility index (Phi) is 4.45. The van der Waals surface area contributed by atoms with Gasteiger partial charge in [-0.05, 0) is 39.3 Å². The molecule has 2 rings (SSSR count). The first kappa shape index (κ1) is 13.3. The van der Waals surface area contributed by atoms with Crippen LogP contribution >= 0.6 is 0 Å². The van der Waals surface area contributed by atoms with Crippen molar-refractivity contribution >= 4 is 0 Å². The van der Waals surface area contributed by atoms with Gasteiger partial charge in [-0.25, -0.2) is 0 Å². The normalized spacial score (nSPS) is 28.2. The highest BCUT2D eigenvalue weighted by atomic mass is 15.2. The number of hydrogen-bond acceptors (Lipinski definition) is 3. The van der Waals surface area contributed by atoms with E-state index in [1.807, 2.05) is 0 Å². The molecule has 17 heavy (non-hydrogen) atoms. The Balaban J connectivity index is 1.77. The molecule has 1 aliphatic heterocycles. The molecule has 2 aliphatic rings. The Morgan fingerprint density at radius 3 is 2.47 bits per heavy atom. The fourth-order valence-corrected chi connectivity index (χ4v) is 2.85. The van der Waals surface area contributed by atoms with Gasteiger partial charge in [-0.3, -0.25) is 4.90 Å². The Morgan fingerprint density at radius 1 is 1.24 bits per heavy atom. The highest BCUT2D eigenvalue weighted by Crippen LogP contribution is 2.30. The molecule has 1 saturated carbocycles. The van der Waals surface area contributed by atoms with Gasteiger partial charge in [0.15, 0.2) is 0 Å². The van der Waals surface area contributed by atoms with Crippen LogP contribution in [0.5, 0.6) is 0 Å². The van der Waals surface area contributed by atoms with Crippen LogP contribution in [0.15, 0.2) is 0 Å². The molecule has 0 aromatic heterocycles. The monoisotopic (exact) mass is 239 g/mol. The van der Waals surface area contributed by atoms with E-state index in [0.717, 1.165) is 18.6 Å². The first-order valence-electron chi connectivity index (χ1n) is 7.21. The third-order valence-corrected chi connectivity index (χ3v) is 4.10. The van der Waals surface area contributed by atoms with Crippen molar-refractivity contribution in [3.05, 3.63) is 0 Å². The Bertz CT molecular complexity index is 236. The van der Waals surface area contributed by atoms with Gasteiger partial charge in [-0.1, -0.05) is 13.8 Å². The minimum atomic E-state index is 0.633. The van der Waals surface area contributed by atoms with Gasteiger partial charge in [0.05, 0.1) is 0 Å². The first-order chi connectivity index (χ1) is 8.06. The molecule has 2 unspecified atom stereocenters. The number of hydrogen-bond donors (Lipinski definition) is 1. The van der Waals surface area contributed by atoms with E-state index in [-0.39, 0.29) is 0 Å². The molecule has 100 valence electrons. The van der Waals surface area contributed by atoms with Crippen LogP contribution in [-0.4, -0.2) is 61.7 Å². The summed E-state index contributed by atoms with van der Waals surface area (Å²) in [5.74, 6) is 0.715.